The van der Waals surface area contributed by atoms with E-state index in [9.17, 15) is 46.4 Å². The quantitative estimate of drug-likeness (QED) is 0.284. The van der Waals surface area contributed by atoms with Crippen LogP contribution in [0.15, 0.2) is 36.4 Å². The predicted molar refractivity (Wildman–Crippen MR) is 97.7 cm³/mol. The molecule has 0 heterocycles. The fraction of sp³-hybridized carbons (Fsp3) is 0.350. The third-order valence-electron chi connectivity index (χ3n) is 4.90. The first kappa shape index (κ1) is 24.3. The number of rotatable bonds is 6. The third-order valence-corrected chi connectivity index (χ3v) is 4.90. The van der Waals surface area contributed by atoms with Crippen molar-refractivity contribution in [3.8, 4) is 0 Å². The normalized spacial score (nSPS) is 12.7. The van der Waals surface area contributed by atoms with Crippen molar-refractivity contribution in [1.29, 1.82) is 0 Å². The molecule has 0 radical (unpaired) electrons. The molecule has 1 N–H and O–H groups in total. The van der Waals surface area contributed by atoms with Crippen LogP contribution >= 0.6 is 0 Å². The van der Waals surface area contributed by atoms with Gasteiger partial charge in [-0.3, -0.25) is 14.9 Å². The van der Waals surface area contributed by atoms with E-state index >= 15 is 0 Å². The van der Waals surface area contributed by atoms with Gasteiger partial charge < -0.3 is 5.11 Å². The number of hydrogen-bond donors (Lipinski definition) is 1. The summed E-state index contributed by atoms with van der Waals surface area (Å²) in [7, 11) is 0. The van der Waals surface area contributed by atoms with Crippen LogP contribution < -0.4 is 0 Å². The Morgan fingerprint density at radius 1 is 1.06 bits per heavy atom. The highest BCUT2D eigenvalue weighted by Gasteiger charge is 2.71. The summed E-state index contributed by atoms with van der Waals surface area (Å²) in [6.07, 6.45) is -12.5. The summed E-state index contributed by atoms with van der Waals surface area (Å²) >= 11 is 0. The van der Waals surface area contributed by atoms with Crippen molar-refractivity contribution < 1.29 is 41.2 Å². The van der Waals surface area contributed by atoms with Crippen molar-refractivity contribution in [3.63, 3.8) is 0 Å². The number of alkyl halides is 6. The van der Waals surface area contributed by atoms with Crippen LogP contribution in [-0.2, 0) is 18.4 Å². The van der Waals surface area contributed by atoms with E-state index in [1.807, 2.05) is 0 Å². The summed E-state index contributed by atoms with van der Waals surface area (Å²) in [4.78, 5) is 22.7. The van der Waals surface area contributed by atoms with Crippen molar-refractivity contribution in [2.45, 2.75) is 44.6 Å². The van der Waals surface area contributed by atoms with Crippen LogP contribution in [0.4, 0.5) is 32.0 Å². The van der Waals surface area contributed by atoms with Crippen LogP contribution in [0.3, 0.4) is 0 Å². The smallest absolute Gasteiger partial charge is 0.369 e. The number of benzene rings is 2. The second-order valence-electron chi connectivity index (χ2n) is 6.90. The lowest BCUT2D eigenvalue weighted by atomic mass is 9.85. The van der Waals surface area contributed by atoms with Gasteiger partial charge in [-0.15, -0.1) is 0 Å². The highest BCUT2D eigenvalue weighted by molar-refractivity contribution is 5.98. The topological polar surface area (TPSA) is 80.4 Å². The SMILES string of the molecule is CCc1cc(C(O)(C(F)(F)F)C(F)(F)F)cc(C)c1CC(=O)c1cccc([N+](=O)[O-])c1. The lowest BCUT2D eigenvalue weighted by Gasteiger charge is -2.33. The second-order valence-corrected chi connectivity index (χ2v) is 6.90. The number of nitrogens with zero attached hydrogens (tertiary/aromatic N) is 1. The zero-order chi connectivity index (χ0) is 23.8. The molecule has 0 atom stereocenters. The lowest BCUT2D eigenvalue weighted by molar-refractivity contribution is -0.384. The number of halogens is 6. The van der Waals surface area contributed by atoms with Crippen molar-refractivity contribution in [1.82, 2.24) is 0 Å². The predicted octanol–water partition coefficient (Wildman–Crippen LogP) is 5.20. The van der Waals surface area contributed by atoms with Gasteiger partial charge in [0.05, 0.1) is 4.92 Å². The summed E-state index contributed by atoms with van der Waals surface area (Å²) in [5.41, 5.74) is -6.68. The number of hydrogen-bond acceptors (Lipinski definition) is 4. The highest BCUT2D eigenvalue weighted by atomic mass is 19.4. The standard InChI is InChI=1S/C20H17F6NO4/c1-3-12-8-14(18(29,19(21,22)23)20(24,25)26)7-11(2)16(12)10-17(28)13-5-4-6-15(9-13)27(30)31/h4-9,29H,3,10H2,1-2H3. The number of carbonyl (C=O) groups excluding carboxylic acids is 1. The molecule has 0 saturated carbocycles. The maximum Gasteiger partial charge on any atom is 0.430 e. The number of Topliss-reactive ketones (excluding diaryl/α,β-unsaturated/α-hetero) is 1. The number of nitro benzene ring substituents is 1. The Morgan fingerprint density at radius 3 is 2.13 bits per heavy atom. The molecule has 0 aliphatic carbocycles. The zero-order valence-electron chi connectivity index (χ0n) is 16.3. The van der Waals surface area contributed by atoms with Crippen LogP contribution in [0.25, 0.3) is 0 Å². The first-order chi connectivity index (χ1) is 14.1. The maximum atomic E-state index is 13.2. The van der Waals surface area contributed by atoms with E-state index in [0.29, 0.717) is 12.1 Å². The Hall–Kier alpha value is -2.95. The van der Waals surface area contributed by atoms with Crippen molar-refractivity contribution >= 4 is 11.5 Å². The van der Waals surface area contributed by atoms with Crippen LogP contribution in [0, 0.1) is 17.0 Å². The van der Waals surface area contributed by atoms with E-state index in [2.05, 4.69) is 0 Å². The summed E-state index contributed by atoms with van der Waals surface area (Å²) in [5, 5.41) is 20.5. The van der Waals surface area contributed by atoms with Gasteiger partial charge in [0.2, 0.25) is 0 Å². The largest absolute Gasteiger partial charge is 0.430 e. The van der Waals surface area contributed by atoms with Gasteiger partial charge in [-0.1, -0.05) is 31.2 Å². The van der Waals surface area contributed by atoms with Gasteiger partial charge in [0.1, 0.15) is 0 Å². The molecule has 0 unspecified atom stereocenters. The first-order valence-electron chi connectivity index (χ1n) is 8.89. The maximum absolute atomic E-state index is 13.2. The molecule has 0 bridgehead atoms. The average molecular weight is 449 g/mol. The fourth-order valence-corrected chi connectivity index (χ4v) is 3.21. The van der Waals surface area contributed by atoms with Crippen LogP contribution in [0.5, 0.6) is 0 Å². The molecule has 0 aromatic heterocycles. The molecule has 0 aliphatic rings. The molecule has 31 heavy (non-hydrogen) atoms. The molecule has 2 aromatic carbocycles. The van der Waals surface area contributed by atoms with Gasteiger partial charge in [0.25, 0.3) is 11.3 Å². The number of ketones is 1. The Balaban J connectivity index is 2.54. The minimum Gasteiger partial charge on any atom is -0.369 e. The molecular weight excluding hydrogens is 432 g/mol. The van der Waals surface area contributed by atoms with Crippen LogP contribution in [0.2, 0.25) is 0 Å². The molecular formula is C20H17F6NO4. The fourth-order valence-electron chi connectivity index (χ4n) is 3.21. The summed E-state index contributed by atoms with van der Waals surface area (Å²) in [6, 6.07) is 5.94. The van der Waals surface area contributed by atoms with Gasteiger partial charge in [-0.25, -0.2) is 0 Å². The van der Waals surface area contributed by atoms with Crippen LogP contribution in [0.1, 0.15) is 39.5 Å². The van der Waals surface area contributed by atoms with Gasteiger partial charge in [0.15, 0.2) is 5.78 Å². The van der Waals surface area contributed by atoms with Crippen molar-refractivity contribution in [2.75, 3.05) is 0 Å². The van der Waals surface area contributed by atoms with E-state index < -0.39 is 40.6 Å². The highest BCUT2D eigenvalue weighted by Crippen LogP contribution is 2.50. The van der Waals surface area contributed by atoms with Crippen LogP contribution in [-0.4, -0.2) is 28.2 Å². The molecule has 2 rings (SSSR count). The number of aryl methyl sites for hydroxylation is 2. The molecule has 0 saturated heterocycles. The minimum absolute atomic E-state index is 0.0145. The van der Waals surface area contributed by atoms with E-state index in [-0.39, 0.29) is 34.4 Å². The van der Waals surface area contributed by atoms with E-state index in [1.54, 1.807) is 0 Å². The van der Waals surface area contributed by atoms with Crippen molar-refractivity contribution in [3.05, 3.63) is 74.3 Å². The molecule has 11 heteroatoms. The second kappa shape index (κ2) is 8.29. The van der Waals surface area contributed by atoms with E-state index in [4.69, 9.17) is 0 Å². The molecule has 0 spiro atoms. The molecule has 0 aliphatic heterocycles. The molecule has 2 aromatic rings. The number of nitro groups is 1. The minimum atomic E-state index is -6.02. The summed E-state index contributed by atoms with van der Waals surface area (Å²) in [6.45, 7) is 2.70. The Kier molecular flexibility index (Phi) is 6.51. The Morgan fingerprint density at radius 2 is 1.65 bits per heavy atom. The zero-order valence-corrected chi connectivity index (χ0v) is 16.3. The Labute approximate surface area is 172 Å². The molecule has 0 fully saturated rings. The molecule has 0 amide bonds. The monoisotopic (exact) mass is 449 g/mol. The Bertz CT molecular complexity index is 1000. The third kappa shape index (κ3) is 4.55. The summed E-state index contributed by atoms with van der Waals surface area (Å²) in [5.74, 6) is -0.601. The van der Waals surface area contributed by atoms with Gasteiger partial charge in [0, 0.05) is 29.7 Å². The van der Waals surface area contributed by atoms with Crippen molar-refractivity contribution in [2.24, 2.45) is 0 Å². The molecule has 5 nitrogen and oxygen atoms in total. The van der Waals surface area contributed by atoms with Gasteiger partial charge >= 0.3 is 12.4 Å². The number of non-ortho nitro benzene ring substituents is 1. The molecule has 168 valence electrons. The first-order valence-corrected chi connectivity index (χ1v) is 8.89. The van der Waals surface area contributed by atoms with E-state index in [1.165, 1.54) is 32.0 Å². The van der Waals surface area contributed by atoms with Gasteiger partial charge in [-0.05, 0) is 30.0 Å². The number of aliphatic hydroxyl groups is 1. The average Bonchev–Trinajstić information content (AvgIpc) is 2.66. The summed E-state index contributed by atoms with van der Waals surface area (Å²) < 4.78 is 79.3. The lowest BCUT2D eigenvalue weighted by Crippen LogP contribution is -2.54. The number of carbonyl (C=O) groups is 1. The van der Waals surface area contributed by atoms with E-state index in [0.717, 1.165) is 6.07 Å². The van der Waals surface area contributed by atoms with Gasteiger partial charge in [-0.2, -0.15) is 26.3 Å².